The molecule has 2 spiro atoms. The van der Waals surface area contributed by atoms with Gasteiger partial charge in [-0.05, 0) is 80.4 Å². The Balaban J connectivity index is 0.000000150. The van der Waals surface area contributed by atoms with Crippen LogP contribution in [-0.2, 0) is 25.6 Å². The van der Waals surface area contributed by atoms with Crippen molar-refractivity contribution in [3.8, 4) is 22.3 Å². The molecule has 4 fully saturated rings. The highest BCUT2D eigenvalue weighted by molar-refractivity contribution is 6.76. The maximum atomic E-state index is 6.93. The molecule has 8 aromatic rings. The van der Waals surface area contributed by atoms with Gasteiger partial charge in [-0.1, -0.05) is 67.8 Å². The smallest absolute Gasteiger partial charge is 0.163 e. The summed E-state index contributed by atoms with van der Waals surface area (Å²) in [5, 5.41) is 12.2. The fourth-order valence-corrected chi connectivity index (χ4v) is 12.2. The molecule has 344 valence electrons. The van der Waals surface area contributed by atoms with Crippen LogP contribution in [0.3, 0.4) is 0 Å². The number of aromatic amines is 1. The van der Waals surface area contributed by atoms with Crippen LogP contribution in [-0.4, -0.2) is 89.9 Å². The Hall–Kier alpha value is -5.02. The number of nitrogens with one attached hydrogen (secondary N) is 1. The van der Waals surface area contributed by atoms with E-state index >= 15 is 0 Å². The van der Waals surface area contributed by atoms with E-state index in [1.54, 1.807) is 9.36 Å². The Labute approximate surface area is 396 Å². The maximum absolute atomic E-state index is 6.93. The van der Waals surface area contributed by atoms with Gasteiger partial charge in [-0.3, -0.25) is 9.36 Å². The molecule has 12 rings (SSSR count). The van der Waals surface area contributed by atoms with Crippen molar-refractivity contribution in [2.75, 3.05) is 42.6 Å². The van der Waals surface area contributed by atoms with E-state index in [0.29, 0.717) is 27.6 Å². The first-order chi connectivity index (χ1) is 31.8. The second-order valence-corrected chi connectivity index (χ2v) is 27.3. The highest BCUT2D eigenvalue weighted by atomic mass is 35.5. The largest absolute Gasteiger partial charge is 0.361 e. The first kappa shape index (κ1) is 43.5. The van der Waals surface area contributed by atoms with Crippen LogP contribution in [0, 0.1) is 10.8 Å². The minimum Gasteiger partial charge on any atom is -0.361 e. The zero-order valence-electron chi connectivity index (χ0n) is 38.9. The lowest BCUT2D eigenvalue weighted by Gasteiger charge is -2.48. The van der Waals surface area contributed by atoms with Crippen LogP contribution < -0.4 is 9.80 Å². The van der Waals surface area contributed by atoms with E-state index < -0.39 is 8.07 Å². The van der Waals surface area contributed by atoms with Crippen LogP contribution in [0.1, 0.15) is 64.2 Å². The molecule has 2 aliphatic heterocycles. The van der Waals surface area contributed by atoms with Gasteiger partial charge in [0.2, 0.25) is 0 Å². The summed E-state index contributed by atoms with van der Waals surface area (Å²) < 4.78 is 11.9. The van der Waals surface area contributed by atoms with Crippen molar-refractivity contribution >= 4 is 87.0 Å². The molecule has 2 aliphatic carbocycles. The van der Waals surface area contributed by atoms with Gasteiger partial charge >= 0.3 is 0 Å². The summed E-state index contributed by atoms with van der Waals surface area (Å²) in [6, 6.07) is 9.21. The van der Waals surface area contributed by atoms with Crippen LogP contribution in [0.25, 0.3) is 66.4 Å². The molecule has 1 N–H and O–H groups in total. The number of anilines is 2. The van der Waals surface area contributed by atoms with Gasteiger partial charge in [0.05, 0.1) is 33.5 Å². The van der Waals surface area contributed by atoms with E-state index in [1.807, 2.05) is 69.3 Å². The van der Waals surface area contributed by atoms with E-state index in [2.05, 4.69) is 55.4 Å². The lowest BCUT2D eigenvalue weighted by atomic mass is 9.63. The van der Waals surface area contributed by atoms with E-state index in [1.165, 1.54) is 64.2 Å². The van der Waals surface area contributed by atoms with Crippen molar-refractivity contribution in [2.24, 2.45) is 24.9 Å². The van der Waals surface area contributed by atoms with E-state index in [-0.39, 0.29) is 0 Å². The number of aryl methyl sites for hydroxylation is 2. The molecule has 8 heterocycles. The molecule has 0 atom stereocenters. The molecule has 0 bridgehead atoms. The minimum atomic E-state index is -1.16. The van der Waals surface area contributed by atoms with Crippen LogP contribution in [0.5, 0.6) is 0 Å². The van der Waals surface area contributed by atoms with Crippen LogP contribution in [0.2, 0.25) is 35.7 Å². The molecule has 2 saturated heterocycles. The molecule has 6 aromatic heterocycles. The van der Waals surface area contributed by atoms with Gasteiger partial charge in [0.25, 0.3) is 0 Å². The average molecular weight is 944 g/mol. The Bertz CT molecular complexity index is 3080. The number of hydrogen-bond donors (Lipinski definition) is 1. The summed E-state index contributed by atoms with van der Waals surface area (Å²) >= 11 is 13.7. The van der Waals surface area contributed by atoms with Crippen molar-refractivity contribution < 1.29 is 4.74 Å². The monoisotopic (exact) mass is 942 g/mol. The van der Waals surface area contributed by atoms with Gasteiger partial charge in [0.1, 0.15) is 29.4 Å². The van der Waals surface area contributed by atoms with Gasteiger partial charge in [-0.15, -0.1) is 0 Å². The van der Waals surface area contributed by atoms with Crippen LogP contribution in [0.15, 0.2) is 61.4 Å². The third-order valence-corrected chi connectivity index (χ3v) is 17.8. The topological polar surface area (TPSA) is 124 Å². The predicted molar refractivity (Wildman–Crippen MR) is 270 cm³/mol. The normalized spacial score (nSPS) is 18.1. The molecular weight excluding hydrogens is 884 g/mol. The summed E-state index contributed by atoms with van der Waals surface area (Å²) in [4.78, 5) is 27.9. The molecule has 0 amide bonds. The number of halogens is 2. The number of nitrogens with zero attached hydrogens (tertiary/aromatic N) is 11. The third-order valence-electron chi connectivity index (χ3n) is 15.3. The fourth-order valence-electron chi connectivity index (χ4n) is 10.8. The zero-order chi connectivity index (χ0) is 45.4. The van der Waals surface area contributed by atoms with Crippen molar-refractivity contribution in [2.45, 2.75) is 96.6 Å². The zero-order valence-corrected chi connectivity index (χ0v) is 41.4. The van der Waals surface area contributed by atoms with Gasteiger partial charge in [0.15, 0.2) is 11.3 Å². The predicted octanol–water partition coefficient (Wildman–Crippen LogP) is 11.7. The summed E-state index contributed by atoms with van der Waals surface area (Å²) in [5.74, 6) is 1.93. The molecular formula is C50H60Cl2N12OSi. The van der Waals surface area contributed by atoms with Crippen molar-refractivity contribution in [1.29, 1.82) is 0 Å². The number of fused-ring (bicyclic) bond motifs is 4. The highest BCUT2D eigenvalue weighted by Gasteiger charge is 2.41. The molecule has 16 heteroatoms. The summed E-state index contributed by atoms with van der Waals surface area (Å²) in [6.07, 6.45) is 25.3. The van der Waals surface area contributed by atoms with Crippen molar-refractivity contribution in [1.82, 2.24) is 49.0 Å². The number of hydrogen-bond acceptors (Lipinski definition) is 9. The number of aromatic nitrogens is 10. The Morgan fingerprint density at radius 3 is 1.71 bits per heavy atom. The average Bonchev–Trinajstić information content (AvgIpc) is 4.08. The van der Waals surface area contributed by atoms with E-state index in [9.17, 15) is 0 Å². The van der Waals surface area contributed by atoms with Crippen LogP contribution >= 0.6 is 23.2 Å². The molecule has 4 aliphatic rings. The van der Waals surface area contributed by atoms with Crippen molar-refractivity contribution in [3.63, 3.8) is 0 Å². The SMILES string of the molecule is Cn1cc2c(Cl)c(-c3c[nH]c4nc(N5CCC6(CCC6)CC5)cnc34)ccc2n1.Cn1cc2c(Cl)c(-c3cn(COCC[Si](C)(C)C)c4nc(N5CCC6(CCC6)CC5)cnc34)ccc2n1. The Morgan fingerprint density at radius 2 is 1.18 bits per heavy atom. The molecule has 2 aromatic carbocycles. The molecule has 0 radical (unpaired) electrons. The number of piperidine rings is 2. The Kier molecular flexibility index (Phi) is 11.2. The van der Waals surface area contributed by atoms with E-state index in [4.69, 9.17) is 47.9 Å². The number of ether oxygens (including phenoxy) is 1. The fraction of sp³-hybridized carbons (Fsp3) is 0.480. The van der Waals surface area contributed by atoms with Gasteiger partial charge in [-0.2, -0.15) is 10.2 Å². The van der Waals surface area contributed by atoms with E-state index in [0.717, 1.165) is 117 Å². The molecule has 13 nitrogen and oxygen atoms in total. The quantitative estimate of drug-likeness (QED) is 0.111. The number of H-pyrrole nitrogens is 1. The van der Waals surface area contributed by atoms with Crippen molar-refractivity contribution in [3.05, 3.63) is 71.5 Å². The Morgan fingerprint density at radius 1 is 0.652 bits per heavy atom. The lowest BCUT2D eigenvalue weighted by Crippen LogP contribution is -2.43. The second-order valence-electron chi connectivity index (χ2n) is 20.9. The number of benzene rings is 2. The molecule has 2 saturated carbocycles. The third kappa shape index (κ3) is 8.15. The van der Waals surface area contributed by atoms with Gasteiger partial charge < -0.3 is 24.1 Å². The number of rotatable bonds is 9. The highest BCUT2D eigenvalue weighted by Crippen LogP contribution is 2.50. The first-order valence-corrected chi connectivity index (χ1v) is 28.3. The standard InChI is InChI=1S/C28H37ClN6OSi.C22H23ClN6/c1-33-17-22-23(32-33)7-6-20(25(22)29)21-18-35(19-36-14-15-37(2,3)4)27-26(21)30-16-24(31-27)34-12-10-28(11-13-34)8-5-9-28;1-28-13-16-17(27-28)4-3-14(19(16)23)15-11-25-21-20(15)24-12-18(26-21)29-9-7-22(8-10-29)5-2-6-22/h6-7,16-18H,5,8-15,19H2,1-4H3;3-4,11-13H,2,5-10H2,1H3,(H,25,26). The minimum absolute atomic E-state index is 0.453. The summed E-state index contributed by atoms with van der Waals surface area (Å²) in [7, 11) is 2.66. The molecule has 66 heavy (non-hydrogen) atoms. The van der Waals surface area contributed by atoms with Gasteiger partial charge in [-0.25, -0.2) is 19.9 Å². The lowest BCUT2D eigenvalue weighted by molar-refractivity contribution is 0.0898. The summed E-state index contributed by atoms with van der Waals surface area (Å²) in [6.45, 7) is 12.6. The van der Waals surface area contributed by atoms with Crippen LogP contribution in [0.4, 0.5) is 11.6 Å². The summed E-state index contributed by atoms with van der Waals surface area (Å²) in [5.41, 5.74) is 10.2. The molecule has 0 unspecified atom stereocenters. The first-order valence-electron chi connectivity index (χ1n) is 23.9. The second kappa shape index (κ2) is 16.9. The maximum Gasteiger partial charge on any atom is 0.163 e. The van der Waals surface area contributed by atoms with Gasteiger partial charge in [0, 0.05) is 113 Å².